The predicted molar refractivity (Wildman–Crippen MR) is 31.8 cm³/mol. The molecule has 0 aromatic carbocycles. The molecule has 0 heterocycles. The van der Waals surface area contributed by atoms with Crippen LogP contribution in [-0.2, 0) is 4.79 Å². The lowest BCUT2D eigenvalue weighted by molar-refractivity contribution is -0.136. The minimum Gasteiger partial charge on any atom is -0.481 e. The normalized spacial score (nSPS) is 11.4. The average molecular weight is 131 g/mol. The molecule has 0 aromatic heterocycles. The smallest absolute Gasteiger partial charge is 0.303 e. The molecule has 0 spiro atoms. The van der Waals surface area contributed by atoms with Gasteiger partial charge in [-0.15, -0.1) is 0 Å². The average Bonchev–Trinajstić information content (AvgIpc) is 1.83. The number of rotatable bonds is 3. The standard InChI is InChI=1S/C5H9NO3/c1-4(6-9)2-3-5(7)8/h9H,2-3H2,1H3,(H,7,8)/b6-4+. The quantitative estimate of drug-likeness (QED) is 0.336. The summed E-state index contributed by atoms with van der Waals surface area (Å²) >= 11 is 0. The van der Waals surface area contributed by atoms with Gasteiger partial charge in [-0.2, -0.15) is 0 Å². The molecule has 0 fully saturated rings. The molecule has 0 atom stereocenters. The topological polar surface area (TPSA) is 69.9 Å². The Labute approximate surface area is 52.8 Å². The van der Waals surface area contributed by atoms with Crippen molar-refractivity contribution in [1.82, 2.24) is 0 Å². The van der Waals surface area contributed by atoms with E-state index in [0.717, 1.165) is 0 Å². The van der Waals surface area contributed by atoms with Gasteiger partial charge in [0.05, 0.1) is 12.1 Å². The number of nitrogens with zero attached hydrogens (tertiary/aromatic N) is 1. The summed E-state index contributed by atoms with van der Waals surface area (Å²) in [6, 6.07) is 0. The van der Waals surface area contributed by atoms with Crippen LogP contribution in [0.3, 0.4) is 0 Å². The van der Waals surface area contributed by atoms with E-state index >= 15 is 0 Å². The summed E-state index contributed by atoms with van der Waals surface area (Å²) in [6.07, 6.45) is 0.335. The number of oxime groups is 1. The second-order valence-corrected chi connectivity index (χ2v) is 1.73. The molecule has 0 unspecified atom stereocenters. The molecule has 0 aromatic rings. The van der Waals surface area contributed by atoms with Crippen LogP contribution in [0.5, 0.6) is 0 Å². The van der Waals surface area contributed by atoms with Crippen molar-refractivity contribution in [1.29, 1.82) is 0 Å². The first-order chi connectivity index (χ1) is 4.16. The van der Waals surface area contributed by atoms with Gasteiger partial charge in [0.2, 0.25) is 0 Å². The minimum atomic E-state index is -0.877. The van der Waals surface area contributed by atoms with Crippen molar-refractivity contribution < 1.29 is 15.1 Å². The minimum absolute atomic E-state index is 0.0237. The molecule has 0 saturated heterocycles. The van der Waals surface area contributed by atoms with E-state index in [9.17, 15) is 4.79 Å². The summed E-state index contributed by atoms with van der Waals surface area (Å²) in [5.74, 6) is -0.877. The summed E-state index contributed by atoms with van der Waals surface area (Å²) in [4.78, 5) is 9.88. The monoisotopic (exact) mass is 131 g/mol. The van der Waals surface area contributed by atoms with E-state index in [0.29, 0.717) is 12.1 Å². The predicted octanol–water partition coefficient (Wildman–Crippen LogP) is 0.701. The highest BCUT2D eigenvalue weighted by molar-refractivity contribution is 5.84. The van der Waals surface area contributed by atoms with Crippen LogP contribution < -0.4 is 0 Å². The molecule has 0 aliphatic rings. The number of hydrogen-bond acceptors (Lipinski definition) is 3. The van der Waals surface area contributed by atoms with Gasteiger partial charge in [0, 0.05) is 0 Å². The van der Waals surface area contributed by atoms with Crippen molar-refractivity contribution in [2.24, 2.45) is 5.16 Å². The van der Waals surface area contributed by atoms with Crippen molar-refractivity contribution in [3.05, 3.63) is 0 Å². The highest BCUT2D eigenvalue weighted by Crippen LogP contribution is 1.90. The van der Waals surface area contributed by atoms with Crippen LogP contribution in [0.1, 0.15) is 19.8 Å². The molecule has 0 aliphatic carbocycles. The summed E-state index contributed by atoms with van der Waals surface area (Å²) in [5.41, 5.74) is 0.442. The zero-order valence-corrected chi connectivity index (χ0v) is 5.16. The lowest BCUT2D eigenvalue weighted by atomic mass is 10.2. The van der Waals surface area contributed by atoms with Crippen LogP contribution in [0.15, 0.2) is 5.16 Å². The lowest BCUT2D eigenvalue weighted by Crippen LogP contribution is -1.99. The molecule has 0 amide bonds. The Kier molecular flexibility index (Phi) is 3.43. The SMILES string of the molecule is C/C(CCC(=O)O)=N\O. The van der Waals surface area contributed by atoms with Crippen molar-refractivity contribution in [3.8, 4) is 0 Å². The number of aliphatic carboxylic acids is 1. The van der Waals surface area contributed by atoms with Gasteiger partial charge in [0.25, 0.3) is 0 Å². The number of carboxylic acid groups (broad SMARTS) is 1. The largest absolute Gasteiger partial charge is 0.481 e. The summed E-state index contributed by atoms with van der Waals surface area (Å²) in [5, 5.41) is 19.0. The molecule has 52 valence electrons. The van der Waals surface area contributed by atoms with Gasteiger partial charge >= 0.3 is 5.97 Å². The van der Waals surface area contributed by atoms with Gasteiger partial charge in [-0.25, -0.2) is 0 Å². The first-order valence-corrected chi connectivity index (χ1v) is 2.56. The molecule has 0 aliphatic heterocycles. The van der Waals surface area contributed by atoms with Crippen molar-refractivity contribution >= 4 is 11.7 Å². The van der Waals surface area contributed by atoms with E-state index in [2.05, 4.69) is 5.16 Å². The lowest BCUT2D eigenvalue weighted by Gasteiger charge is -1.90. The van der Waals surface area contributed by atoms with Crippen molar-refractivity contribution in [3.63, 3.8) is 0 Å². The number of carbonyl (C=O) groups is 1. The summed E-state index contributed by atoms with van der Waals surface area (Å²) < 4.78 is 0. The van der Waals surface area contributed by atoms with Gasteiger partial charge in [0.15, 0.2) is 0 Å². The number of carboxylic acids is 1. The van der Waals surface area contributed by atoms with E-state index in [-0.39, 0.29) is 6.42 Å². The fourth-order valence-corrected chi connectivity index (χ4v) is 0.338. The Morgan fingerprint density at radius 1 is 1.56 bits per heavy atom. The Hall–Kier alpha value is -1.06. The highest BCUT2D eigenvalue weighted by Gasteiger charge is 1.97. The molecular formula is C5H9NO3. The molecule has 0 bridgehead atoms. The third-order valence-corrected chi connectivity index (χ3v) is 0.871. The highest BCUT2D eigenvalue weighted by atomic mass is 16.4. The van der Waals surface area contributed by atoms with Crippen LogP contribution in [0.25, 0.3) is 0 Å². The van der Waals surface area contributed by atoms with Crippen LogP contribution in [-0.4, -0.2) is 22.0 Å². The van der Waals surface area contributed by atoms with Gasteiger partial charge in [0.1, 0.15) is 0 Å². The molecule has 2 N–H and O–H groups in total. The molecule has 4 nitrogen and oxygen atoms in total. The van der Waals surface area contributed by atoms with Crippen molar-refractivity contribution in [2.75, 3.05) is 0 Å². The molecule has 0 radical (unpaired) electrons. The van der Waals surface area contributed by atoms with E-state index in [4.69, 9.17) is 10.3 Å². The van der Waals surface area contributed by atoms with Crippen LogP contribution in [0.4, 0.5) is 0 Å². The maximum Gasteiger partial charge on any atom is 0.303 e. The van der Waals surface area contributed by atoms with Gasteiger partial charge in [-0.05, 0) is 13.3 Å². The van der Waals surface area contributed by atoms with Crippen LogP contribution in [0, 0.1) is 0 Å². The fraction of sp³-hybridized carbons (Fsp3) is 0.600. The van der Waals surface area contributed by atoms with E-state index in [1.165, 1.54) is 0 Å². The van der Waals surface area contributed by atoms with Gasteiger partial charge in [-0.3, -0.25) is 4.79 Å². The first kappa shape index (κ1) is 7.94. The van der Waals surface area contributed by atoms with E-state index in [1.807, 2.05) is 0 Å². The van der Waals surface area contributed by atoms with Gasteiger partial charge < -0.3 is 10.3 Å². The Morgan fingerprint density at radius 3 is 2.44 bits per heavy atom. The molecule has 0 rings (SSSR count). The third-order valence-electron chi connectivity index (χ3n) is 0.871. The van der Waals surface area contributed by atoms with Crippen LogP contribution >= 0.6 is 0 Å². The second-order valence-electron chi connectivity index (χ2n) is 1.73. The molecule has 0 saturated carbocycles. The zero-order chi connectivity index (χ0) is 7.28. The zero-order valence-electron chi connectivity index (χ0n) is 5.16. The van der Waals surface area contributed by atoms with Crippen LogP contribution in [0.2, 0.25) is 0 Å². The first-order valence-electron chi connectivity index (χ1n) is 2.56. The summed E-state index contributed by atoms with van der Waals surface area (Å²) in [7, 11) is 0. The molecule has 4 heteroatoms. The number of hydrogen-bond donors (Lipinski definition) is 2. The Morgan fingerprint density at radius 2 is 2.11 bits per heavy atom. The second kappa shape index (κ2) is 3.88. The van der Waals surface area contributed by atoms with E-state index < -0.39 is 5.97 Å². The molecular weight excluding hydrogens is 122 g/mol. The van der Waals surface area contributed by atoms with E-state index in [1.54, 1.807) is 6.92 Å². The van der Waals surface area contributed by atoms with Gasteiger partial charge in [-0.1, -0.05) is 5.16 Å². The maximum atomic E-state index is 9.88. The Balaban J connectivity index is 3.39. The summed E-state index contributed by atoms with van der Waals surface area (Å²) in [6.45, 7) is 1.57. The van der Waals surface area contributed by atoms with Crippen molar-refractivity contribution in [2.45, 2.75) is 19.8 Å². The fourth-order valence-electron chi connectivity index (χ4n) is 0.338. The Bertz CT molecular complexity index is 130. The maximum absolute atomic E-state index is 9.88. The molecule has 9 heavy (non-hydrogen) atoms. The third kappa shape index (κ3) is 4.80.